The Labute approximate surface area is 125 Å². The van der Waals surface area contributed by atoms with Crippen molar-refractivity contribution in [3.8, 4) is 0 Å². The molecule has 0 radical (unpaired) electrons. The van der Waals surface area contributed by atoms with Crippen molar-refractivity contribution in [2.24, 2.45) is 23.7 Å². The summed E-state index contributed by atoms with van der Waals surface area (Å²) in [6, 6.07) is 7.51. The summed E-state index contributed by atoms with van der Waals surface area (Å²) in [7, 11) is 0. The minimum atomic E-state index is -0.868. The highest BCUT2D eigenvalue weighted by Crippen LogP contribution is 2.61. The van der Waals surface area contributed by atoms with Gasteiger partial charge in [-0.15, -0.1) is 11.8 Å². The van der Waals surface area contributed by atoms with Gasteiger partial charge in [-0.25, -0.2) is 0 Å². The summed E-state index contributed by atoms with van der Waals surface area (Å²) in [6.07, 6.45) is 0.649. The summed E-state index contributed by atoms with van der Waals surface area (Å²) in [5.74, 6) is -2.12. The molecule has 0 spiro atoms. The van der Waals surface area contributed by atoms with E-state index in [1.54, 1.807) is 11.8 Å². The van der Waals surface area contributed by atoms with Crippen LogP contribution in [0, 0.1) is 23.7 Å². The molecule has 1 saturated heterocycles. The van der Waals surface area contributed by atoms with Gasteiger partial charge in [-0.05, 0) is 36.6 Å². The molecule has 0 aromatic heterocycles. The van der Waals surface area contributed by atoms with Crippen LogP contribution in [0.2, 0.25) is 0 Å². The molecular formula is C15H15NO4S. The van der Waals surface area contributed by atoms with Crippen molar-refractivity contribution in [1.82, 2.24) is 0 Å². The lowest BCUT2D eigenvalue weighted by atomic mass is 9.80. The lowest BCUT2D eigenvalue weighted by Crippen LogP contribution is -2.39. The zero-order valence-corrected chi connectivity index (χ0v) is 12.0. The second kappa shape index (κ2) is 4.40. The first-order valence-corrected chi connectivity index (χ1v) is 7.90. The zero-order chi connectivity index (χ0) is 14.7. The van der Waals surface area contributed by atoms with Crippen LogP contribution in [0.15, 0.2) is 29.2 Å². The van der Waals surface area contributed by atoms with Gasteiger partial charge < -0.3 is 15.6 Å². The number of carbonyl (C=O) groups excluding carboxylic acids is 1. The number of hydrogen-bond acceptors (Lipinski definition) is 5. The predicted octanol–water partition coefficient (Wildman–Crippen LogP) is 1.62. The third-order valence-corrected chi connectivity index (χ3v) is 6.42. The van der Waals surface area contributed by atoms with Gasteiger partial charge in [0.1, 0.15) is 6.10 Å². The van der Waals surface area contributed by atoms with Gasteiger partial charge in [0.05, 0.1) is 17.1 Å². The number of ether oxygens (including phenoxy) is 1. The second-order valence-corrected chi connectivity index (χ2v) is 7.26. The van der Waals surface area contributed by atoms with Gasteiger partial charge in [0.15, 0.2) is 0 Å². The van der Waals surface area contributed by atoms with Gasteiger partial charge in [0.25, 0.3) is 0 Å². The van der Waals surface area contributed by atoms with E-state index in [9.17, 15) is 14.7 Å². The van der Waals surface area contributed by atoms with Crippen molar-refractivity contribution in [2.45, 2.75) is 22.7 Å². The summed E-state index contributed by atoms with van der Waals surface area (Å²) in [5.41, 5.74) is 6.38. The number of carboxylic acid groups (broad SMARTS) is 1. The second-order valence-electron chi connectivity index (χ2n) is 6.01. The number of nitrogens with two attached hydrogens (primary N) is 1. The van der Waals surface area contributed by atoms with Crippen LogP contribution in [-0.2, 0) is 14.3 Å². The fourth-order valence-corrected chi connectivity index (χ4v) is 5.64. The van der Waals surface area contributed by atoms with E-state index < -0.39 is 17.8 Å². The number of carboxylic acids is 1. The number of thioether (sulfide) groups is 1. The molecule has 2 saturated carbocycles. The number of hydrogen-bond donors (Lipinski definition) is 2. The van der Waals surface area contributed by atoms with Gasteiger partial charge >= 0.3 is 11.9 Å². The van der Waals surface area contributed by atoms with E-state index in [1.807, 2.05) is 24.3 Å². The molecule has 3 N–H and O–H groups in total. The SMILES string of the molecule is Nc1ccc(S[C@@H]2[C@H]3C[C@H]4[C@@H]2OC(=O)[C@@H]4[C@@H]3C(=O)O)cc1. The van der Waals surface area contributed by atoms with Crippen molar-refractivity contribution < 1.29 is 19.4 Å². The Morgan fingerprint density at radius 3 is 2.67 bits per heavy atom. The smallest absolute Gasteiger partial charge is 0.310 e. The molecule has 110 valence electrons. The van der Waals surface area contributed by atoms with Crippen molar-refractivity contribution in [3.63, 3.8) is 0 Å². The largest absolute Gasteiger partial charge is 0.481 e. The molecule has 6 atom stereocenters. The Morgan fingerprint density at radius 1 is 1.29 bits per heavy atom. The van der Waals surface area contributed by atoms with Gasteiger partial charge in [-0.3, -0.25) is 9.59 Å². The highest BCUT2D eigenvalue weighted by molar-refractivity contribution is 8.00. The molecule has 3 aliphatic rings. The summed E-state index contributed by atoms with van der Waals surface area (Å²) in [5, 5.41) is 9.49. The molecule has 2 bridgehead atoms. The average Bonchev–Trinajstić information content (AvgIpc) is 3.04. The van der Waals surface area contributed by atoms with Crippen LogP contribution < -0.4 is 5.73 Å². The number of rotatable bonds is 3. The molecule has 0 amide bonds. The van der Waals surface area contributed by atoms with Gasteiger partial charge in [0, 0.05) is 16.5 Å². The van der Waals surface area contributed by atoms with Crippen LogP contribution in [0.5, 0.6) is 0 Å². The minimum absolute atomic E-state index is 0.0107. The molecule has 1 aliphatic heterocycles. The van der Waals surface area contributed by atoms with E-state index in [4.69, 9.17) is 10.5 Å². The van der Waals surface area contributed by atoms with Crippen LogP contribution in [0.3, 0.4) is 0 Å². The molecule has 2 aliphatic carbocycles. The van der Waals surface area contributed by atoms with Crippen LogP contribution in [0.25, 0.3) is 0 Å². The number of esters is 1. The first-order chi connectivity index (χ1) is 10.1. The number of fused-ring (bicyclic) bond motifs is 1. The summed E-state index contributed by atoms with van der Waals surface area (Å²) < 4.78 is 5.48. The molecule has 4 rings (SSSR count). The lowest BCUT2D eigenvalue weighted by molar-refractivity contribution is -0.151. The van der Waals surface area contributed by atoms with Crippen LogP contribution in [0.1, 0.15) is 6.42 Å². The number of benzene rings is 1. The summed E-state index contributed by atoms with van der Waals surface area (Å²) >= 11 is 1.61. The minimum Gasteiger partial charge on any atom is -0.481 e. The van der Waals surface area contributed by atoms with Crippen LogP contribution in [-0.4, -0.2) is 28.4 Å². The first-order valence-electron chi connectivity index (χ1n) is 7.02. The fraction of sp³-hybridized carbons (Fsp3) is 0.467. The first kappa shape index (κ1) is 13.0. The van der Waals surface area contributed by atoms with Crippen molar-refractivity contribution >= 4 is 29.4 Å². The highest BCUT2D eigenvalue weighted by atomic mass is 32.2. The molecule has 5 nitrogen and oxygen atoms in total. The molecule has 21 heavy (non-hydrogen) atoms. The van der Waals surface area contributed by atoms with Gasteiger partial charge in [-0.2, -0.15) is 0 Å². The third-order valence-electron chi connectivity index (χ3n) is 4.98. The van der Waals surface area contributed by atoms with E-state index in [2.05, 4.69) is 0 Å². The van der Waals surface area contributed by atoms with Crippen LogP contribution >= 0.6 is 11.8 Å². The van der Waals surface area contributed by atoms with Gasteiger partial charge in [-0.1, -0.05) is 0 Å². The topological polar surface area (TPSA) is 89.6 Å². The zero-order valence-electron chi connectivity index (χ0n) is 11.1. The van der Waals surface area contributed by atoms with Crippen molar-refractivity contribution in [3.05, 3.63) is 24.3 Å². The van der Waals surface area contributed by atoms with E-state index in [0.717, 1.165) is 11.3 Å². The molecule has 1 heterocycles. The molecule has 6 heteroatoms. The Hall–Kier alpha value is -1.69. The Morgan fingerprint density at radius 2 is 2.00 bits per heavy atom. The monoisotopic (exact) mass is 305 g/mol. The molecule has 0 unspecified atom stereocenters. The standard InChI is InChI=1S/C15H15NO4S/c16-6-1-3-7(4-2-6)21-13-9-5-8-11(10(9)14(17)18)15(19)20-12(8)13/h1-4,8-13H,5,16H2,(H,17,18)/t8-,9+,10-,11+,12+,13-/m1/s1. The van der Waals surface area contributed by atoms with Crippen molar-refractivity contribution in [1.29, 1.82) is 0 Å². The van der Waals surface area contributed by atoms with E-state index in [0.29, 0.717) is 5.69 Å². The van der Waals surface area contributed by atoms with E-state index in [-0.39, 0.29) is 29.2 Å². The average molecular weight is 305 g/mol. The van der Waals surface area contributed by atoms with E-state index in [1.165, 1.54) is 0 Å². The van der Waals surface area contributed by atoms with E-state index >= 15 is 0 Å². The molecular weight excluding hydrogens is 290 g/mol. The maximum atomic E-state index is 11.9. The Bertz CT molecular complexity index is 617. The molecule has 1 aromatic rings. The van der Waals surface area contributed by atoms with Crippen LogP contribution in [0.4, 0.5) is 5.69 Å². The molecule has 3 fully saturated rings. The fourth-order valence-electron chi connectivity index (χ4n) is 4.19. The van der Waals surface area contributed by atoms with Gasteiger partial charge in [0.2, 0.25) is 0 Å². The number of anilines is 1. The predicted molar refractivity (Wildman–Crippen MR) is 76.6 cm³/mol. The number of nitrogen functional groups attached to an aromatic ring is 1. The maximum absolute atomic E-state index is 11.9. The lowest BCUT2D eigenvalue weighted by Gasteiger charge is -2.29. The Kier molecular flexibility index (Phi) is 2.73. The summed E-state index contributed by atoms with van der Waals surface area (Å²) in [6.45, 7) is 0. The normalized spacial score (nSPS) is 39.5. The number of carbonyl (C=O) groups is 2. The maximum Gasteiger partial charge on any atom is 0.310 e. The number of aliphatic carboxylic acids is 1. The Balaban J connectivity index is 1.63. The highest BCUT2D eigenvalue weighted by Gasteiger charge is 2.68. The quantitative estimate of drug-likeness (QED) is 0.651. The summed E-state index contributed by atoms with van der Waals surface area (Å²) in [4.78, 5) is 24.5. The van der Waals surface area contributed by atoms with Crippen molar-refractivity contribution in [2.75, 3.05) is 5.73 Å². The third kappa shape index (κ3) is 1.78. The molecule has 1 aromatic carbocycles.